The molecule has 0 amide bonds. The van der Waals surface area contributed by atoms with Gasteiger partial charge in [-0.2, -0.15) is 0 Å². The van der Waals surface area contributed by atoms with E-state index in [4.69, 9.17) is 23.2 Å². The molecule has 106 valence electrons. The van der Waals surface area contributed by atoms with Crippen molar-refractivity contribution in [2.75, 3.05) is 5.32 Å². The van der Waals surface area contributed by atoms with Gasteiger partial charge in [0, 0.05) is 17.5 Å². The van der Waals surface area contributed by atoms with Gasteiger partial charge in [-0.15, -0.1) is 23.7 Å². The van der Waals surface area contributed by atoms with Crippen molar-refractivity contribution in [2.24, 2.45) is 0 Å². The molecule has 0 fully saturated rings. The second-order valence-electron chi connectivity index (χ2n) is 3.73. The first-order valence-electron chi connectivity index (χ1n) is 5.09. The van der Waals surface area contributed by atoms with Gasteiger partial charge in [-0.3, -0.25) is 0 Å². The molecule has 0 bridgehead atoms. The molecule has 0 unspecified atom stereocenters. The molecule has 0 saturated carbocycles. The van der Waals surface area contributed by atoms with E-state index in [0.29, 0.717) is 32.0 Å². The molecule has 3 nitrogen and oxygen atoms in total. The number of thiophene rings is 1. The van der Waals surface area contributed by atoms with Gasteiger partial charge in [-0.05, 0) is 0 Å². The molecule has 3 aromatic rings. The summed E-state index contributed by atoms with van der Waals surface area (Å²) in [7, 11) is 0. The van der Waals surface area contributed by atoms with Crippen molar-refractivity contribution >= 4 is 69.6 Å². The van der Waals surface area contributed by atoms with Gasteiger partial charge in [0.1, 0.15) is 4.34 Å². The van der Waals surface area contributed by atoms with Crippen molar-refractivity contribution < 1.29 is 8.78 Å². The number of aromatic nitrogens is 2. The van der Waals surface area contributed by atoms with E-state index in [2.05, 4.69) is 15.3 Å². The van der Waals surface area contributed by atoms with Crippen molar-refractivity contribution in [1.82, 2.24) is 9.97 Å². The molecule has 1 aromatic carbocycles. The maximum Gasteiger partial charge on any atom is 0.205 e. The monoisotopic (exact) mass is 355 g/mol. The topological polar surface area (TPSA) is 40.7 Å². The summed E-state index contributed by atoms with van der Waals surface area (Å²) in [6, 6.07) is 2.06. The third-order valence-electron chi connectivity index (χ3n) is 2.47. The number of fused-ring (bicyclic) bond motifs is 1. The second kappa shape index (κ2) is 5.73. The van der Waals surface area contributed by atoms with E-state index < -0.39 is 11.6 Å². The molecule has 0 aliphatic heterocycles. The molecule has 2 heterocycles. The van der Waals surface area contributed by atoms with Crippen LogP contribution < -0.4 is 5.32 Å². The van der Waals surface area contributed by atoms with Gasteiger partial charge in [0.05, 0.1) is 21.7 Å². The zero-order chi connectivity index (χ0) is 13.6. The van der Waals surface area contributed by atoms with E-state index in [0.717, 1.165) is 12.1 Å². The predicted octanol–water partition coefficient (Wildman–Crippen LogP) is 5.37. The van der Waals surface area contributed by atoms with Crippen LogP contribution in [0, 0.1) is 11.6 Å². The van der Waals surface area contributed by atoms with Crippen LogP contribution in [0.2, 0.25) is 9.36 Å². The summed E-state index contributed by atoms with van der Waals surface area (Å²) >= 11 is 13.2. The fourth-order valence-corrected chi connectivity index (χ4v) is 2.87. The highest BCUT2D eigenvalue weighted by atomic mass is 35.5. The molecule has 0 radical (unpaired) electrons. The molecule has 9 heteroatoms. The number of aromatic amines is 1. The first-order chi connectivity index (χ1) is 9.04. The normalized spacial score (nSPS) is 10.6. The molecule has 2 N–H and O–H groups in total. The number of halogens is 5. The fourth-order valence-electron chi connectivity index (χ4n) is 1.61. The molecular formula is C11H6Cl3F2N3S. The molecule has 0 aliphatic carbocycles. The minimum Gasteiger partial charge on any atom is -0.324 e. The first-order valence-corrected chi connectivity index (χ1v) is 6.72. The summed E-state index contributed by atoms with van der Waals surface area (Å²) < 4.78 is 26.6. The van der Waals surface area contributed by atoms with Crippen LogP contribution >= 0.6 is 46.9 Å². The third-order valence-corrected chi connectivity index (χ3v) is 4.12. The van der Waals surface area contributed by atoms with Crippen LogP contribution in [0.5, 0.6) is 0 Å². The Balaban J connectivity index is 0.00000147. The quantitative estimate of drug-likeness (QED) is 0.647. The largest absolute Gasteiger partial charge is 0.324 e. The van der Waals surface area contributed by atoms with Crippen molar-refractivity contribution in [3.05, 3.63) is 38.5 Å². The molecule has 3 rings (SSSR count). The molecular weight excluding hydrogens is 351 g/mol. The highest BCUT2D eigenvalue weighted by Crippen LogP contribution is 2.38. The predicted molar refractivity (Wildman–Crippen MR) is 80.9 cm³/mol. The van der Waals surface area contributed by atoms with E-state index >= 15 is 0 Å². The summed E-state index contributed by atoms with van der Waals surface area (Å²) in [5.41, 5.74) is 1.20. The molecule has 2 aromatic heterocycles. The highest BCUT2D eigenvalue weighted by molar-refractivity contribution is 7.15. The zero-order valence-corrected chi connectivity index (χ0v) is 12.7. The third kappa shape index (κ3) is 2.69. The Labute approximate surface area is 132 Å². The fraction of sp³-hybridized carbons (Fsp3) is 0. The average molecular weight is 357 g/mol. The summed E-state index contributed by atoms with van der Waals surface area (Å²) in [4.78, 5) is 6.90. The van der Waals surface area contributed by atoms with E-state index in [1.54, 1.807) is 5.38 Å². The van der Waals surface area contributed by atoms with Crippen LogP contribution in [0.4, 0.5) is 20.4 Å². The zero-order valence-electron chi connectivity index (χ0n) is 9.51. The van der Waals surface area contributed by atoms with Gasteiger partial charge >= 0.3 is 0 Å². The van der Waals surface area contributed by atoms with Crippen LogP contribution in [0.25, 0.3) is 11.0 Å². The second-order valence-corrected chi connectivity index (χ2v) is 5.62. The summed E-state index contributed by atoms with van der Waals surface area (Å²) in [6.45, 7) is 0. The van der Waals surface area contributed by atoms with Crippen molar-refractivity contribution in [1.29, 1.82) is 0 Å². The van der Waals surface area contributed by atoms with Crippen molar-refractivity contribution in [3.63, 3.8) is 0 Å². The number of hydrogen-bond donors (Lipinski definition) is 2. The Hall–Kier alpha value is -1.08. The lowest BCUT2D eigenvalue weighted by Gasteiger charge is -2.00. The maximum absolute atomic E-state index is 13.1. The number of hydrogen-bond acceptors (Lipinski definition) is 3. The van der Waals surface area contributed by atoms with Crippen LogP contribution in [0.3, 0.4) is 0 Å². The summed E-state index contributed by atoms with van der Waals surface area (Å²) in [6.07, 6.45) is 0. The Morgan fingerprint density at radius 2 is 1.90 bits per heavy atom. The van der Waals surface area contributed by atoms with Crippen molar-refractivity contribution in [3.8, 4) is 0 Å². The summed E-state index contributed by atoms with van der Waals surface area (Å²) in [5, 5.41) is 5.01. The lowest BCUT2D eigenvalue weighted by molar-refractivity contribution is 0.510. The summed E-state index contributed by atoms with van der Waals surface area (Å²) in [5.74, 6) is -1.58. The number of benzene rings is 1. The van der Waals surface area contributed by atoms with E-state index in [1.165, 1.54) is 11.3 Å². The van der Waals surface area contributed by atoms with E-state index in [9.17, 15) is 8.78 Å². The average Bonchev–Trinajstić information content (AvgIpc) is 2.88. The lowest BCUT2D eigenvalue weighted by Crippen LogP contribution is -1.91. The van der Waals surface area contributed by atoms with Gasteiger partial charge in [-0.1, -0.05) is 23.2 Å². The van der Waals surface area contributed by atoms with Crippen LogP contribution in [0.15, 0.2) is 17.5 Å². The van der Waals surface area contributed by atoms with Gasteiger partial charge in [0.2, 0.25) is 5.95 Å². The Morgan fingerprint density at radius 1 is 1.20 bits per heavy atom. The lowest BCUT2D eigenvalue weighted by atomic mass is 10.3. The van der Waals surface area contributed by atoms with E-state index in [-0.39, 0.29) is 12.4 Å². The van der Waals surface area contributed by atoms with Gasteiger partial charge in [-0.25, -0.2) is 13.8 Å². The standard InChI is InChI=1S/C11H5Cl2F2N3S.ClH/c12-4-3-19-10(13)9(4)18-11-16-7-1-5(14)6(15)2-8(7)17-11;/h1-3H,(H2,16,17,18);1H. The highest BCUT2D eigenvalue weighted by Gasteiger charge is 2.12. The van der Waals surface area contributed by atoms with Gasteiger partial charge in [0.15, 0.2) is 11.6 Å². The Bertz CT molecular complexity index is 713. The molecule has 0 spiro atoms. The first kappa shape index (κ1) is 15.3. The van der Waals surface area contributed by atoms with Crippen molar-refractivity contribution in [2.45, 2.75) is 0 Å². The van der Waals surface area contributed by atoms with Gasteiger partial charge < -0.3 is 10.3 Å². The number of rotatable bonds is 2. The number of nitrogens with zero attached hydrogens (tertiary/aromatic N) is 1. The minimum atomic E-state index is -0.947. The molecule has 0 aliphatic rings. The Morgan fingerprint density at radius 3 is 2.55 bits per heavy atom. The van der Waals surface area contributed by atoms with Crippen LogP contribution in [-0.2, 0) is 0 Å². The van der Waals surface area contributed by atoms with E-state index in [1.807, 2.05) is 0 Å². The molecule has 20 heavy (non-hydrogen) atoms. The number of nitrogens with one attached hydrogen (secondary N) is 2. The molecule has 0 atom stereocenters. The van der Waals surface area contributed by atoms with Gasteiger partial charge in [0.25, 0.3) is 0 Å². The number of imidazole rings is 1. The smallest absolute Gasteiger partial charge is 0.205 e. The minimum absolute atomic E-state index is 0. The van der Waals surface area contributed by atoms with Crippen LogP contribution in [0.1, 0.15) is 0 Å². The SMILES string of the molecule is Cl.Fc1cc2nc(Nc3c(Cl)csc3Cl)[nH]c2cc1F. The van der Waals surface area contributed by atoms with Crippen LogP contribution in [-0.4, -0.2) is 9.97 Å². The number of anilines is 2. The Kier molecular flexibility index (Phi) is 4.39. The maximum atomic E-state index is 13.1. The molecule has 0 saturated heterocycles. The number of H-pyrrole nitrogens is 1.